The normalized spacial score (nSPS) is 16.6. The number of rotatable bonds is 7. The summed E-state index contributed by atoms with van der Waals surface area (Å²) >= 11 is 0. The second-order valence-corrected chi connectivity index (χ2v) is 5.46. The molecular weight excluding hydrogens is 226 g/mol. The molecule has 2 atom stereocenters. The van der Waals surface area contributed by atoms with Crippen molar-refractivity contribution in [2.45, 2.75) is 38.8 Å². The van der Waals surface area contributed by atoms with Gasteiger partial charge in [-0.2, -0.15) is 0 Å². The van der Waals surface area contributed by atoms with Crippen LogP contribution in [0.15, 0.2) is 30.3 Å². The van der Waals surface area contributed by atoms with Crippen LogP contribution in [-0.2, 0) is 6.42 Å². The Hall–Kier alpha value is -0.900. The van der Waals surface area contributed by atoms with E-state index in [0.717, 1.165) is 6.42 Å². The van der Waals surface area contributed by atoms with Gasteiger partial charge in [0.25, 0.3) is 0 Å². The minimum atomic E-state index is -0.746. The summed E-state index contributed by atoms with van der Waals surface area (Å²) in [6.07, 6.45) is 0.769. The maximum Gasteiger partial charge on any atom is 0.0766 e. The third-order valence-electron chi connectivity index (χ3n) is 3.54. The molecule has 3 nitrogen and oxygen atoms in total. The lowest BCUT2D eigenvalue weighted by atomic mass is 9.92. The standard InChI is InChI=1S/C15H25NO2/c1-12(2)15(3,18)11-16-14(10-17)9-13-7-5-4-6-8-13/h4-8,12,14,16-18H,9-11H2,1-3H3. The zero-order valence-electron chi connectivity index (χ0n) is 11.6. The van der Waals surface area contributed by atoms with E-state index in [9.17, 15) is 10.2 Å². The summed E-state index contributed by atoms with van der Waals surface area (Å²) in [5.74, 6) is 0.182. The smallest absolute Gasteiger partial charge is 0.0766 e. The van der Waals surface area contributed by atoms with Gasteiger partial charge in [0.1, 0.15) is 0 Å². The molecule has 102 valence electrons. The van der Waals surface area contributed by atoms with Crippen LogP contribution in [-0.4, -0.2) is 35.0 Å². The van der Waals surface area contributed by atoms with Crippen LogP contribution in [0.3, 0.4) is 0 Å². The summed E-state index contributed by atoms with van der Waals surface area (Å²) in [6, 6.07) is 10.0. The maximum absolute atomic E-state index is 10.2. The van der Waals surface area contributed by atoms with Crippen molar-refractivity contribution >= 4 is 0 Å². The SMILES string of the molecule is CC(C)C(C)(O)CNC(CO)Cc1ccccc1. The summed E-state index contributed by atoms with van der Waals surface area (Å²) in [5.41, 5.74) is 0.442. The summed E-state index contributed by atoms with van der Waals surface area (Å²) in [4.78, 5) is 0. The van der Waals surface area contributed by atoms with Gasteiger partial charge in [-0.3, -0.25) is 0 Å². The first-order valence-electron chi connectivity index (χ1n) is 6.56. The molecule has 0 aliphatic carbocycles. The Morgan fingerprint density at radius 2 is 1.83 bits per heavy atom. The van der Waals surface area contributed by atoms with Crippen molar-refractivity contribution in [1.29, 1.82) is 0 Å². The number of aliphatic hydroxyl groups excluding tert-OH is 1. The van der Waals surface area contributed by atoms with Crippen molar-refractivity contribution in [1.82, 2.24) is 5.32 Å². The predicted octanol–water partition coefficient (Wildman–Crippen LogP) is 1.59. The Morgan fingerprint density at radius 1 is 1.22 bits per heavy atom. The summed E-state index contributed by atoms with van der Waals surface area (Å²) in [5, 5.41) is 22.8. The zero-order chi connectivity index (χ0) is 13.6. The van der Waals surface area contributed by atoms with Gasteiger partial charge in [0.15, 0.2) is 0 Å². The van der Waals surface area contributed by atoms with Gasteiger partial charge in [-0.25, -0.2) is 0 Å². The van der Waals surface area contributed by atoms with Crippen molar-refractivity contribution in [2.75, 3.05) is 13.2 Å². The third kappa shape index (κ3) is 4.77. The molecule has 1 aromatic carbocycles. The Morgan fingerprint density at radius 3 is 2.33 bits per heavy atom. The lowest BCUT2D eigenvalue weighted by molar-refractivity contribution is 0.0101. The molecule has 3 heteroatoms. The van der Waals surface area contributed by atoms with Crippen LogP contribution in [0.2, 0.25) is 0 Å². The topological polar surface area (TPSA) is 52.5 Å². The van der Waals surface area contributed by atoms with Gasteiger partial charge in [-0.1, -0.05) is 44.2 Å². The molecule has 1 rings (SSSR count). The highest BCUT2D eigenvalue weighted by atomic mass is 16.3. The van der Waals surface area contributed by atoms with Crippen LogP contribution in [0.1, 0.15) is 26.3 Å². The first-order chi connectivity index (χ1) is 8.45. The zero-order valence-corrected chi connectivity index (χ0v) is 11.6. The van der Waals surface area contributed by atoms with Crippen LogP contribution >= 0.6 is 0 Å². The molecule has 0 saturated heterocycles. The Kier molecular flexibility index (Phi) is 5.79. The number of aliphatic hydroxyl groups is 2. The van der Waals surface area contributed by atoms with Gasteiger partial charge in [-0.05, 0) is 24.8 Å². The van der Waals surface area contributed by atoms with E-state index in [1.165, 1.54) is 5.56 Å². The van der Waals surface area contributed by atoms with Crippen LogP contribution in [0.5, 0.6) is 0 Å². The highest BCUT2D eigenvalue weighted by Gasteiger charge is 2.25. The molecule has 0 amide bonds. The van der Waals surface area contributed by atoms with Gasteiger partial charge < -0.3 is 15.5 Å². The average Bonchev–Trinajstić information content (AvgIpc) is 2.35. The highest BCUT2D eigenvalue weighted by Crippen LogP contribution is 2.15. The third-order valence-corrected chi connectivity index (χ3v) is 3.54. The summed E-state index contributed by atoms with van der Waals surface area (Å²) in [6.45, 7) is 6.37. The number of hydrogen-bond acceptors (Lipinski definition) is 3. The van der Waals surface area contributed by atoms with Crippen LogP contribution in [0, 0.1) is 5.92 Å². The molecule has 0 aromatic heterocycles. The van der Waals surface area contributed by atoms with E-state index < -0.39 is 5.60 Å². The molecule has 18 heavy (non-hydrogen) atoms. The van der Waals surface area contributed by atoms with Crippen LogP contribution in [0.25, 0.3) is 0 Å². The maximum atomic E-state index is 10.2. The van der Waals surface area contributed by atoms with E-state index in [-0.39, 0.29) is 18.6 Å². The number of nitrogens with one attached hydrogen (secondary N) is 1. The van der Waals surface area contributed by atoms with Gasteiger partial charge in [-0.15, -0.1) is 0 Å². The minimum absolute atomic E-state index is 0.0161. The molecule has 0 heterocycles. The molecule has 0 fully saturated rings. The molecule has 0 bridgehead atoms. The van der Waals surface area contributed by atoms with Gasteiger partial charge >= 0.3 is 0 Å². The van der Waals surface area contributed by atoms with Crippen molar-refractivity contribution in [3.63, 3.8) is 0 Å². The second kappa shape index (κ2) is 6.88. The quantitative estimate of drug-likeness (QED) is 0.690. The van der Waals surface area contributed by atoms with Gasteiger partial charge in [0.2, 0.25) is 0 Å². The minimum Gasteiger partial charge on any atom is -0.395 e. The Balaban J connectivity index is 2.48. The highest BCUT2D eigenvalue weighted by molar-refractivity contribution is 5.15. The fourth-order valence-corrected chi connectivity index (χ4v) is 1.65. The van der Waals surface area contributed by atoms with Gasteiger partial charge in [0.05, 0.1) is 12.2 Å². The van der Waals surface area contributed by atoms with Crippen LogP contribution < -0.4 is 5.32 Å². The monoisotopic (exact) mass is 251 g/mol. The van der Waals surface area contributed by atoms with E-state index in [4.69, 9.17) is 0 Å². The fraction of sp³-hybridized carbons (Fsp3) is 0.600. The average molecular weight is 251 g/mol. The lowest BCUT2D eigenvalue weighted by Crippen LogP contribution is -2.47. The van der Waals surface area contributed by atoms with E-state index in [0.29, 0.717) is 6.54 Å². The second-order valence-electron chi connectivity index (χ2n) is 5.46. The van der Waals surface area contributed by atoms with E-state index in [2.05, 4.69) is 5.32 Å². The first kappa shape index (κ1) is 15.2. The van der Waals surface area contributed by atoms with E-state index >= 15 is 0 Å². The molecule has 0 spiro atoms. The number of benzene rings is 1. The van der Waals surface area contributed by atoms with E-state index in [1.54, 1.807) is 0 Å². The van der Waals surface area contributed by atoms with Crippen molar-refractivity contribution in [3.05, 3.63) is 35.9 Å². The number of hydrogen-bond donors (Lipinski definition) is 3. The fourth-order valence-electron chi connectivity index (χ4n) is 1.65. The van der Waals surface area contributed by atoms with Crippen molar-refractivity contribution in [2.24, 2.45) is 5.92 Å². The lowest BCUT2D eigenvalue weighted by Gasteiger charge is -2.30. The molecule has 0 aliphatic rings. The Bertz CT molecular complexity index is 336. The summed E-state index contributed by atoms with van der Waals surface area (Å²) < 4.78 is 0. The molecule has 0 saturated carbocycles. The van der Waals surface area contributed by atoms with E-state index in [1.807, 2.05) is 51.1 Å². The molecule has 3 N–H and O–H groups in total. The van der Waals surface area contributed by atoms with Crippen molar-refractivity contribution in [3.8, 4) is 0 Å². The summed E-state index contributed by atoms with van der Waals surface area (Å²) in [7, 11) is 0. The van der Waals surface area contributed by atoms with Crippen LogP contribution in [0.4, 0.5) is 0 Å². The Labute approximate surface area is 110 Å². The first-order valence-corrected chi connectivity index (χ1v) is 6.56. The molecule has 0 aliphatic heterocycles. The molecule has 1 aromatic rings. The molecule has 0 radical (unpaired) electrons. The molecule has 2 unspecified atom stereocenters. The largest absolute Gasteiger partial charge is 0.395 e. The molecular formula is C15H25NO2. The predicted molar refractivity (Wildman–Crippen MR) is 74.5 cm³/mol. The van der Waals surface area contributed by atoms with Crippen molar-refractivity contribution < 1.29 is 10.2 Å². The van der Waals surface area contributed by atoms with Gasteiger partial charge in [0, 0.05) is 12.6 Å².